The van der Waals surface area contributed by atoms with Gasteiger partial charge in [-0.2, -0.15) is 0 Å². The Hall–Kier alpha value is -0.870. The molecule has 2 N–H and O–H groups in total. The fourth-order valence-corrected chi connectivity index (χ4v) is 4.35. The van der Waals surface area contributed by atoms with Gasteiger partial charge in [0.05, 0.1) is 11.5 Å². The lowest BCUT2D eigenvalue weighted by Crippen LogP contribution is -2.23. The Kier molecular flexibility index (Phi) is 3.27. The number of rotatable bonds is 2. The number of hydrogen-bond donors (Lipinski definition) is 1. The maximum absolute atomic E-state index is 11.5. The predicted octanol–water partition coefficient (Wildman–Crippen LogP) is 1.74. The van der Waals surface area contributed by atoms with Crippen molar-refractivity contribution >= 4 is 9.84 Å². The van der Waals surface area contributed by atoms with Gasteiger partial charge in [0.15, 0.2) is 9.84 Å². The summed E-state index contributed by atoms with van der Waals surface area (Å²) in [5, 5.41) is 0. The fourth-order valence-electron chi connectivity index (χ4n) is 2.50. The van der Waals surface area contributed by atoms with Crippen molar-refractivity contribution < 1.29 is 8.42 Å². The van der Waals surface area contributed by atoms with Gasteiger partial charge >= 0.3 is 0 Å². The molecule has 94 valence electrons. The van der Waals surface area contributed by atoms with Crippen LogP contribution in [0.2, 0.25) is 0 Å². The molecule has 4 heteroatoms. The maximum atomic E-state index is 11.5. The molecule has 0 amide bonds. The van der Waals surface area contributed by atoms with Gasteiger partial charge in [-0.25, -0.2) is 8.42 Å². The Morgan fingerprint density at radius 3 is 2.65 bits per heavy atom. The third-order valence-electron chi connectivity index (χ3n) is 3.78. The average Bonchev–Trinajstić information content (AvgIpc) is 2.62. The molecule has 1 aliphatic rings. The minimum Gasteiger partial charge on any atom is -0.324 e. The van der Waals surface area contributed by atoms with Crippen molar-refractivity contribution in [2.24, 2.45) is 11.7 Å². The fraction of sp³-hybridized carbons (Fsp3) is 0.538. The Balaban J connectivity index is 2.26. The zero-order valence-corrected chi connectivity index (χ0v) is 11.1. The molecule has 17 heavy (non-hydrogen) atoms. The lowest BCUT2D eigenvalue weighted by Gasteiger charge is -2.21. The Morgan fingerprint density at radius 2 is 2.06 bits per heavy atom. The number of benzene rings is 1. The van der Waals surface area contributed by atoms with Gasteiger partial charge in [0, 0.05) is 6.04 Å². The molecule has 2 rings (SSSR count). The molecule has 3 nitrogen and oxygen atoms in total. The van der Waals surface area contributed by atoms with Crippen molar-refractivity contribution in [3.63, 3.8) is 0 Å². The van der Waals surface area contributed by atoms with Crippen LogP contribution in [0.1, 0.15) is 29.2 Å². The van der Waals surface area contributed by atoms with E-state index in [2.05, 4.69) is 13.0 Å². The molecule has 1 aromatic rings. The highest BCUT2D eigenvalue weighted by molar-refractivity contribution is 7.91. The van der Waals surface area contributed by atoms with E-state index >= 15 is 0 Å². The van der Waals surface area contributed by atoms with Gasteiger partial charge in [0.25, 0.3) is 0 Å². The number of aryl methyl sites for hydroxylation is 1. The summed E-state index contributed by atoms with van der Waals surface area (Å²) in [6.07, 6.45) is 0.691. The van der Waals surface area contributed by atoms with E-state index in [1.54, 1.807) is 0 Å². The van der Waals surface area contributed by atoms with E-state index < -0.39 is 9.84 Å². The lowest BCUT2D eigenvalue weighted by atomic mass is 9.89. The first-order valence-corrected chi connectivity index (χ1v) is 7.75. The molecule has 1 saturated heterocycles. The largest absolute Gasteiger partial charge is 0.324 e. The van der Waals surface area contributed by atoms with E-state index in [0.29, 0.717) is 6.42 Å². The Labute approximate surface area is 103 Å². The maximum Gasteiger partial charge on any atom is 0.150 e. The minimum absolute atomic E-state index is 0.0699. The van der Waals surface area contributed by atoms with E-state index in [1.807, 2.05) is 19.1 Å². The first kappa shape index (κ1) is 12.6. The van der Waals surface area contributed by atoms with Gasteiger partial charge in [-0.3, -0.25) is 0 Å². The zero-order chi connectivity index (χ0) is 12.6. The summed E-state index contributed by atoms with van der Waals surface area (Å²) in [5.41, 5.74) is 9.71. The quantitative estimate of drug-likeness (QED) is 0.873. The van der Waals surface area contributed by atoms with Crippen LogP contribution in [0.3, 0.4) is 0 Å². The Bertz CT molecular complexity index is 522. The van der Waals surface area contributed by atoms with Crippen molar-refractivity contribution in [2.75, 3.05) is 11.5 Å². The standard InChI is InChI=1S/C13H19NO2S/c1-9-4-3-5-12(10(9)2)13(14)11-6-7-17(15,16)8-11/h3-5,11,13H,6-8,14H2,1-2H3. The van der Waals surface area contributed by atoms with Gasteiger partial charge < -0.3 is 5.73 Å². The van der Waals surface area contributed by atoms with E-state index in [0.717, 1.165) is 5.56 Å². The minimum atomic E-state index is -2.85. The summed E-state index contributed by atoms with van der Waals surface area (Å²) in [4.78, 5) is 0. The molecule has 2 atom stereocenters. The van der Waals surface area contributed by atoms with Crippen LogP contribution in [0.15, 0.2) is 18.2 Å². The van der Waals surface area contributed by atoms with Crippen LogP contribution in [-0.4, -0.2) is 19.9 Å². The average molecular weight is 253 g/mol. The van der Waals surface area contributed by atoms with Crippen LogP contribution in [0, 0.1) is 19.8 Å². The molecular weight excluding hydrogens is 234 g/mol. The second kappa shape index (κ2) is 4.42. The topological polar surface area (TPSA) is 60.2 Å². The van der Waals surface area contributed by atoms with E-state index in [9.17, 15) is 8.42 Å². The molecule has 0 radical (unpaired) electrons. The van der Waals surface area contributed by atoms with Crippen molar-refractivity contribution in [1.82, 2.24) is 0 Å². The van der Waals surface area contributed by atoms with Crippen LogP contribution >= 0.6 is 0 Å². The van der Waals surface area contributed by atoms with Crippen LogP contribution in [0.4, 0.5) is 0 Å². The van der Waals surface area contributed by atoms with E-state index in [-0.39, 0.29) is 23.5 Å². The molecule has 1 fully saturated rings. The van der Waals surface area contributed by atoms with Crippen molar-refractivity contribution in [2.45, 2.75) is 26.3 Å². The van der Waals surface area contributed by atoms with E-state index in [4.69, 9.17) is 5.73 Å². The third kappa shape index (κ3) is 2.53. The van der Waals surface area contributed by atoms with Crippen molar-refractivity contribution in [3.05, 3.63) is 34.9 Å². The van der Waals surface area contributed by atoms with Gasteiger partial charge in [-0.05, 0) is 42.9 Å². The lowest BCUT2D eigenvalue weighted by molar-refractivity contribution is 0.478. The molecule has 0 aromatic heterocycles. The third-order valence-corrected chi connectivity index (χ3v) is 5.57. The molecular formula is C13H19NO2S. The summed E-state index contributed by atoms with van der Waals surface area (Å²) >= 11 is 0. The normalized spacial score (nSPS) is 24.8. The molecule has 0 aliphatic carbocycles. The van der Waals surface area contributed by atoms with Crippen LogP contribution in [0.25, 0.3) is 0 Å². The number of hydrogen-bond acceptors (Lipinski definition) is 3. The summed E-state index contributed by atoms with van der Waals surface area (Å²) in [5.74, 6) is 0.595. The molecule has 0 spiro atoms. The molecule has 0 bridgehead atoms. The first-order valence-electron chi connectivity index (χ1n) is 5.93. The Morgan fingerprint density at radius 1 is 1.35 bits per heavy atom. The highest BCUT2D eigenvalue weighted by atomic mass is 32.2. The van der Waals surface area contributed by atoms with Crippen molar-refractivity contribution in [1.29, 1.82) is 0 Å². The summed E-state index contributed by atoms with van der Waals surface area (Å²) in [6, 6.07) is 5.89. The molecule has 1 aliphatic heterocycles. The highest BCUT2D eigenvalue weighted by Crippen LogP contribution is 2.31. The second-order valence-electron chi connectivity index (χ2n) is 4.98. The molecule has 1 heterocycles. The summed E-state index contributed by atoms with van der Waals surface area (Å²) in [6.45, 7) is 4.10. The van der Waals surface area contributed by atoms with Crippen LogP contribution in [0.5, 0.6) is 0 Å². The zero-order valence-electron chi connectivity index (χ0n) is 10.3. The van der Waals surface area contributed by atoms with Gasteiger partial charge in [0.1, 0.15) is 0 Å². The van der Waals surface area contributed by atoms with Crippen LogP contribution < -0.4 is 5.73 Å². The SMILES string of the molecule is Cc1cccc(C(N)C2CCS(=O)(=O)C2)c1C. The molecule has 2 unspecified atom stereocenters. The number of sulfone groups is 1. The van der Waals surface area contributed by atoms with Gasteiger partial charge in [-0.1, -0.05) is 18.2 Å². The van der Waals surface area contributed by atoms with Crippen molar-refractivity contribution in [3.8, 4) is 0 Å². The predicted molar refractivity (Wildman–Crippen MR) is 69.6 cm³/mol. The molecule has 0 saturated carbocycles. The van der Waals surface area contributed by atoms with Gasteiger partial charge in [0.2, 0.25) is 0 Å². The summed E-state index contributed by atoms with van der Waals surface area (Å²) < 4.78 is 22.9. The second-order valence-corrected chi connectivity index (χ2v) is 7.21. The first-order chi connectivity index (χ1) is 7.91. The monoisotopic (exact) mass is 253 g/mol. The van der Waals surface area contributed by atoms with Gasteiger partial charge in [-0.15, -0.1) is 0 Å². The summed E-state index contributed by atoms with van der Waals surface area (Å²) in [7, 11) is -2.85. The smallest absolute Gasteiger partial charge is 0.150 e. The number of nitrogens with two attached hydrogens (primary N) is 1. The highest BCUT2D eigenvalue weighted by Gasteiger charge is 2.33. The van der Waals surface area contributed by atoms with E-state index in [1.165, 1.54) is 11.1 Å². The molecule has 1 aromatic carbocycles. The van der Waals surface area contributed by atoms with Crippen LogP contribution in [-0.2, 0) is 9.84 Å².